The Labute approximate surface area is 311 Å². The van der Waals surface area contributed by atoms with Gasteiger partial charge in [-0.1, -0.05) is 181 Å². The van der Waals surface area contributed by atoms with Crippen LogP contribution in [0.2, 0.25) is 0 Å². The van der Waals surface area contributed by atoms with Crippen molar-refractivity contribution in [1.82, 2.24) is 14.9 Å². The van der Waals surface area contributed by atoms with E-state index >= 15 is 0 Å². The van der Waals surface area contributed by atoms with Crippen LogP contribution in [-0.4, -0.2) is 86.4 Å². The van der Waals surface area contributed by atoms with Gasteiger partial charge in [0, 0.05) is 39.3 Å². The molecule has 0 aromatic rings. The van der Waals surface area contributed by atoms with Crippen LogP contribution in [0.25, 0.3) is 0 Å². The van der Waals surface area contributed by atoms with Gasteiger partial charge in [-0.25, -0.2) is 10.0 Å². The van der Waals surface area contributed by atoms with Crippen molar-refractivity contribution in [3.05, 3.63) is 0 Å². The molecule has 296 valence electrons. The molecule has 1 aliphatic rings. The smallest absolute Gasteiger partial charge is 0.307 e. The summed E-state index contributed by atoms with van der Waals surface area (Å²) >= 11 is 0. The minimum absolute atomic E-state index is 0.126. The van der Waals surface area contributed by atoms with Gasteiger partial charge in [0.15, 0.2) is 0 Å². The van der Waals surface area contributed by atoms with Gasteiger partial charge in [0.25, 0.3) is 0 Å². The number of piperazine rings is 1. The molecule has 0 spiro atoms. The quantitative estimate of drug-likeness (QED) is 0.0470. The van der Waals surface area contributed by atoms with Crippen molar-refractivity contribution in [1.29, 1.82) is 0 Å². The van der Waals surface area contributed by atoms with E-state index in [4.69, 9.17) is 9.47 Å². The normalized spacial score (nSPS) is 14.1. The molecule has 0 aromatic carbocycles. The lowest BCUT2D eigenvalue weighted by atomic mass is 10.0. The molecule has 1 aliphatic heterocycles. The molecule has 1 fully saturated rings. The molecule has 0 saturated carbocycles. The van der Waals surface area contributed by atoms with Gasteiger partial charge in [0.05, 0.1) is 26.1 Å². The lowest BCUT2D eigenvalue weighted by molar-refractivity contribution is -0.147. The van der Waals surface area contributed by atoms with Crippen LogP contribution in [0.15, 0.2) is 0 Å². The largest absolute Gasteiger partial charge is 0.466 e. The average Bonchev–Trinajstić information content (AvgIpc) is 3.12. The van der Waals surface area contributed by atoms with Crippen LogP contribution in [-0.2, 0) is 19.1 Å². The van der Waals surface area contributed by atoms with Crippen LogP contribution >= 0.6 is 0 Å². The molecule has 0 bridgehead atoms. The second kappa shape index (κ2) is 36.2. The van der Waals surface area contributed by atoms with E-state index in [1.54, 1.807) is 0 Å². The van der Waals surface area contributed by atoms with E-state index in [-0.39, 0.29) is 11.9 Å². The van der Waals surface area contributed by atoms with E-state index < -0.39 is 0 Å². The fourth-order valence-corrected chi connectivity index (χ4v) is 7.02. The number of ether oxygens (including phenoxy) is 2. The van der Waals surface area contributed by atoms with Gasteiger partial charge < -0.3 is 14.4 Å². The fraction of sp³-hybridized carbons (Fsp3) is 0.953. The number of carbonyl (C=O) groups is 2. The Kier molecular flexibility index (Phi) is 33.9. The molecular weight excluding hydrogens is 622 g/mol. The number of hydrogen-bond donors (Lipinski definition) is 0. The molecule has 0 radical (unpaired) electrons. The number of esters is 2. The summed E-state index contributed by atoms with van der Waals surface area (Å²) in [5, 5.41) is 4.50. The third kappa shape index (κ3) is 30.4. The monoisotopic (exact) mass is 708 g/mol. The second-order valence-corrected chi connectivity index (χ2v) is 15.3. The van der Waals surface area contributed by atoms with Crippen molar-refractivity contribution in [2.24, 2.45) is 0 Å². The maximum atomic E-state index is 12.6. The maximum Gasteiger partial charge on any atom is 0.307 e. The Hall–Kier alpha value is -1.18. The lowest BCUT2D eigenvalue weighted by Gasteiger charge is -2.40. The number of likely N-dealkylation sites (N-methyl/N-ethyl adjacent to an activating group) is 1. The summed E-state index contributed by atoms with van der Waals surface area (Å²) in [7, 11) is 2.14. The maximum absolute atomic E-state index is 12.6. The number of rotatable bonds is 37. The molecule has 7 nitrogen and oxygen atoms in total. The molecule has 1 rings (SSSR count). The standard InChI is InChI=1S/C43H85N3O4/c1-4-6-8-10-12-14-16-18-20-22-24-26-28-30-40-49-42(47)32-34-45(46-38-36-44(3)37-39-46)35-33-43(48)50-41-31-29-27-25-23-21-19-17-15-13-11-9-7-5-2/h4-41H2,1-3H3. The van der Waals surface area contributed by atoms with E-state index in [0.717, 1.165) is 51.9 Å². The van der Waals surface area contributed by atoms with Gasteiger partial charge in [-0.2, -0.15) is 0 Å². The van der Waals surface area contributed by atoms with Gasteiger partial charge in [-0.05, 0) is 19.9 Å². The number of hydrazine groups is 1. The zero-order valence-electron chi connectivity index (χ0n) is 33.8. The zero-order valence-corrected chi connectivity index (χ0v) is 33.8. The first-order valence-electron chi connectivity index (χ1n) is 22.1. The molecule has 0 unspecified atom stereocenters. The Morgan fingerprint density at radius 3 is 1.02 bits per heavy atom. The highest BCUT2D eigenvalue weighted by Gasteiger charge is 2.22. The van der Waals surface area contributed by atoms with Gasteiger partial charge in [-0.3, -0.25) is 9.59 Å². The zero-order chi connectivity index (χ0) is 36.2. The summed E-state index contributed by atoms with van der Waals surface area (Å²) in [6.45, 7) is 10.6. The molecule has 0 aliphatic carbocycles. The number of unbranched alkanes of at least 4 members (excludes halogenated alkanes) is 26. The summed E-state index contributed by atoms with van der Waals surface area (Å²) in [6.07, 6.45) is 37.7. The van der Waals surface area contributed by atoms with Crippen LogP contribution in [0, 0.1) is 0 Å². The van der Waals surface area contributed by atoms with E-state index in [9.17, 15) is 9.59 Å². The van der Waals surface area contributed by atoms with Gasteiger partial charge >= 0.3 is 11.9 Å². The Bertz CT molecular complexity index is 694. The van der Waals surface area contributed by atoms with Crippen molar-refractivity contribution < 1.29 is 19.1 Å². The van der Waals surface area contributed by atoms with E-state index in [1.165, 1.54) is 154 Å². The highest BCUT2D eigenvalue weighted by Crippen LogP contribution is 2.15. The first-order chi connectivity index (χ1) is 24.6. The molecule has 0 atom stereocenters. The van der Waals surface area contributed by atoms with Crippen molar-refractivity contribution >= 4 is 11.9 Å². The predicted molar refractivity (Wildman–Crippen MR) is 212 cm³/mol. The van der Waals surface area contributed by atoms with Gasteiger partial charge in [-0.15, -0.1) is 0 Å². The third-order valence-corrected chi connectivity index (χ3v) is 10.5. The summed E-state index contributed by atoms with van der Waals surface area (Å²) in [5.41, 5.74) is 0. The molecule has 7 heteroatoms. The van der Waals surface area contributed by atoms with Gasteiger partial charge in [0.2, 0.25) is 0 Å². The summed E-state index contributed by atoms with van der Waals surface area (Å²) < 4.78 is 11.2. The Morgan fingerprint density at radius 2 is 0.720 bits per heavy atom. The molecule has 50 heavy (non-hydrogen) atoms. The highest BCUT2D eigenvalue weighted by atomic mass is 16.5. The van der Waals surface area contributed by atoms with Crippen molar-refractivity contribution in [2.45, 2.75) is 206 Å². The second-order valence-electron chi connectivity index (χ2n) is 15.3. The first-order valence-corrected chi connectivity index (χ1v) is 22.1. The average molecular weight is 708 g/mol. The van der Waals surface area contributed by atoms with Crippen LogP contribution in [0.1, 0.15) is 206 Å². The molecule has 0 aromatic heterocycles. The van der Waals surface area contributed by atoms with Gasteiger partial charge in [0.1, 0.15) is 0 Å². The molecule has 1 heterocycles. The van der Waals surface area contributed by atoms with E-state index in [0.29, 0.717) is 39.1 Å². The minimum Gasteiger partial charge on any atom is -0.466 e. The van der Waals surface area contributed by atoms with Crippen molar-refractivity contribution in [3.63, 3.8) is 0 Å². The predicted octanol–water partition coefficient (Wildman–Crippen LogP) is 11.3. The van der Waals surface area contributed by atoms with Crippen LogP contribution in [0.3, 0.4) is 0 Å². The third-order valence-electron chi connectivity index (χ3n) is 10.5. The summed E-state index contributed by atoms with van der Waals surface area (Å²) in [5.74, 6) is -0.251. The number of hydrogen-bond acceptors (Lipinski definition) is 7. The number of nitrogens with zero attached hydrogens (tertiary/aromatic N) is 3. The van der Waals surface area contributed by atoms with E-state index in [1.807, 2.05) is 0 Å². The Balaban J connectivity index is 2.07. The lowest BCUT2D eigenvalue weighted by Crippen LogP contribution is -2.53. The molecule has 1 saturated heterocycles. The van der Waals surface area contributed by atoms with Crippen molar-refractivity contribution in [2.75, 3.05) is 59.5 Å². The SMILES string of the molecule is CCCCCCCCCCCCCCCCOC(=O)CCN(CCC(=O)OCCCCCCCCCCCCCCCC)N1CCN(C)CC1. The van der Waals surface area contributed by atoms with E-state index in [2.05, 4.69) is 35.8 Å². The van der Waals surface area contributed by atoms with Crippen LogP contribution < -0.4 is 0 Å². The summed E-state index contributed by atoms with van der Waals surface area (Å²) in [4.78, 5) is 27.4. The van der Waals surface area contributed by atoms with Crippen molar-refractivity contribution in [3.8, 4) is 0 Å². The highest BCUT2D eigenvalue weighted by molar-refractivity contribution is 5.70. The first kappa shape index (κ1) is 46.8. The summed E-state index contributed by atoms with van der Waals surface area (Å²) in [6, 6.07) is 0. The molecular formula is C43H85N3O4. The van der Waals surface area contributed by atoms with Crippen LogP contribution in [0.5, 0.6) is 0 Å². The molecule has 0 amide bonds. The minimum atomic E-state index is -0.126. The molecule has 0 N–H and O–H groups in total. The Morgan fingerprint density at radius 1 is 0.440 bits per heavy atom. The topological polar surface area (TPSA) is 62.3 Å². The fourth-order valence-electron chi connectivity index (χ4n) is 7.02. The van der Waals surface area contributed by atoms with Crippen LogP contribution in [0.4, 0.5) is 0 Å². The number of carbonyl (C=O) groups excluding carboxylic acids is 2.